The summed E-state index contributed by atoms with van der Waals surface area (Å²) in [5, 5.41) is 0. The highest BCUT2D eigenvalue weighted by Crippen LogP contribution is 2.43. The molecule has 0 aliphatic rings. The second-order valence-corrected chi connectivity index (χ2v) is 15.4. The van der Waals surface area contributed by atoms with Crippen LogP contribution in [0.5, 0.6) is 0 Å². The first-order chi connectivity index (χ1) is 24.4. The van der Waals surface area contributed by atoms with Gasteiger partial charge in [-0.05, 0) is 51.0 Å². The van der Waals surface area contributed by atoms with Crippen LogP contribution in [0.2, 0.25) is 0 Å². The fraction of sp³-hybridized carbons (Fsp3) is 0.878. The highest BCUT2D eigenvalue weighted by atomic mass is 31.2. The molecule has 1 unspecified atom stereocenters. The Morgan fingerprint density at radius 1 is 0.600 bits per heavy atom. The zero-order chi connectivity index (χ0) is 36.6. The van der Waals surface area contributed by atoms with E-state index < -0.39 is 13.9 Å². The normalized spacial score (nSPS) is 13.7. The molecule has 50 heavy (non-hydrogen) atoms. The van der Waals surface area contributed by atoms with Gasteiger partial charge in [0.2, 0.25) is 0 Å². The molecule has 0 aromatic rings. The number of hydrogen-bond donors (Lipinski definition) is 2. The van der Waals surface area contributed by atoms with Crippen molar-refractivity contribution >= 4 is 13.8 Å². The van der Waals surface area contributed by atoms with Gasteiger partial charge in [-0.1, -0.05) is 161 Å². The summed E-state index contributed by atoms with van der Waals surface area (Å²) in [7, 11) is -4.29. The van der Waals surface area contributed by atoms with Crippen molar-refractivity contribution in [3.63, 3.8) is 0 Å². The average Bonchev–Trinajstić information content (AvgIpc) is 3.10. The first kappa shape index (κ1) is 48.8. The Hall–Kier alpha value is -1.18. The zero-order valence-corrected chi connectivity index (χ0v) is 33.5. The number of unbranched alkanes of at least 4 members (excludes halogenated alkanes) is 25. The van der Waals surface area contributed by atoms with Gasteiger partial charge >= 0.3 is 13.8 Å². The maximum atomic E-state index is 12.5. The van der Waals surface area contributed by atoms with Crippen LogP contribution in [-0.2, 0) is 27.9 Å². The predicted octanol–water partition coefficient (Wildman–Crippen LogP) is 12.4. The molecule has 0 amide bonds. The monoisotopic (exact) mass is 730 g/mol. The molecule has 8 nitrogen and oxygen atoms in total. The van der Waals surface area contributed by atoms with Gasteiger partial charge in [-0.15, -0.1) is 0 Å². The van der Waals surface area contributed by atoms with Crippen LogP contribution < -0.4 is 5.73 Å². The Morgan fingerprint density at radius 3 is 1.50 bits per heavy atom. The van der Waals surface area contributed by atoms with Gasteiger partial charge in [0.05, 0.1) is 19.5 Å². The van der Waals surface area contributed by atoms with Crippen molar-refractivity contribution in [2.75, 3.05) is 26.4 Å². The van der Waals surface area contributed by atoms with E-state index in [4.69, 9.17) is 24.3 Å². The smallest absolute Gasteiger partial charge is 0.472 e. The van der Waals surface area contributed by atoms with Gasteiger partial charge in [-0.3, -0.25) is 13.8 Å². The lowest BCUT2D eigenvalue weighted by atomic mass is 10.0. The van der Waals surface area contributed by atoms with Crippen molar-refractivity contribution in [1.29, 1.82) is 0 Å². The molecule has 0 fully saturated rings. The Labute approximate surface area is 308 Å². The Kier molecular flexibility index (Phi) is 38.1. The first-order valence-corrected chi connectivity index (χ1v) is 22.4. The highest BCUT2D eigenvalue weighted by molar-refractivity contribution is 7.47. The molecule has 0 aromatic carbocycles. The summed E-state index contributed by atoms with van der Waals surface area (Å²) in [6.45, 7) is 4.23. The van der Waals surface area contributed by atoms with Gasteiger partial charge in [0, 0.05) is 13.0 Å². The third kappa shape index (κ3) is 38.1. The van der Waals surface area contributed by atoms with Crippen LogP contribution in [0.25, 0.3) is 0 Å². The van der Waals surface area contributed by atoms with Gasteiger partial charge in [0.15, 0.2) is 6.10 Å². The van der Waals surface area contributed by atoms with E-state index in [0.717, 1.165) is 44.9 Å². The summed E-state index contributed by atoms with van der Waals surface area (Å²) in [6, 6.07) is 0. The summed E-state index contributed by atoms with van der Waals surface area (Å²) in [5.41, 5.74) is 5.35. The zero-order valence-electron chi connectivity index (χ0n) is 32.6. The molecule has 0 spiro atoms. The quantitative estimate of drug-likeness (QED) is 0.0210. The minimum absolute atomic E-state index is 0.0320. The minimum Gasteiger partial charge on any atom is -0.498 e. The van der Waals surface area contributed by atoms with Crippen molar-refractivity contribution in [3.05, 3.63) is 24.5 Å². The first-order valence-electron chi connectivity index (χ1n) is 20.9. The van der Waals surface area contributed by atoms with Crippen molar-refractivity contribution in [2.24, 2.45) is 5.73 Å². The van der Waals surface area contributed by atoms with E-state index >= 15 is 0 Å². The lowest BCUT2D eigenvalue weighted by molar-refractivity contribution is -0.153. The summed E-state index contributed by atoms with van der Waals surface area (Å²) in [6.07, 6.45) is 42.9. The van der Waals surface area contributed by atoms with Crippen LogP contribution in [0.15, 0.2) is 24.5 Å². The molecule has 0 saturated heterocycles. The maximum absolute atomic E-state index is 12.5. The SMILES string of the molecule is CCCCCC/C=C/CCCCCCCC(=O)O[C@H](CO/C=C/CCCCCCCCCCCCCCCCCC)COP(=O)(O)OCCN. The molecule has 0 heterocycles. The van der Waals surface area contributed by atoms with Crippen LogP contribution in [0.1, 0.15) is 200 Å². The van der Waals surface area contributed by atoms with E-state index in [-0.39, 0.29) is 32.3 Å². The number of allylic oxidation sites excluding steroid dienone is 3. The standard InChI is InChI=1S/C41H80NO7P/c1-3-5-7-9-11-13-15-17-18-19-20-21-23-25-27-29-31-33-36-46-38-40(39-48-50(44,45)47-37-35-42)49-41(43)34-32-30-28-26-24-22-16-14-12-10-8-6-4-2/h14,16,33,36,40H,3-13,15,17-32,34-35,37-39,42H2,1-2H3,(H,44,45)/b16-14+,36-33+/t40-/m1/s1. The lowest BCUT2D eigenvalue weighted by Gasteiger charge is -2.19. The second kappa shape index (κ2) is 39.0. The molecule has 3 N–H and O–H groups in total. The number of nitrogens with two attached hydrogens (primary N) is 1. The molecule has 0 bridgehead atoms. The number of rotatable bonds is 40. The number of esters is 1. The number of carbonyl (C=O) groups excluding carboxylic acids is 1. The van der Waals surface area contributed by atoms with E-state index in [1.54, 1.807) is 6.26 Å². The van der Waals surface area contributed by atoms with E-state index in [0.29, 0.717) is 6.42 Å². The van der Waals surface area contributed by atoms with Crippen LogP contribution in [-0.4, -0.2) is 43.3 Å². The fourth-order valence-electron chi connectivity index (χ4n) is 5.84. The van der Waals surface area contributed by atoms with Gasteiger partial charge < -0.3 is 20.1 Å². The molecular formula is C41H80NO7P. The highest BCUT2D eigenvalue weighted by Gasteiger charge is 2.25. The molecular weight excluding hydrogens is 649 g/mol. The topological polar surface area (TPSA) is 117 Å². The van der Waals surface area contributed by atoms with Gasteiger partial charge in [0.25, 0.3) is 0 Å². The van der Waals surface area contributed by atoms with Gasteiger partial charge in [-0.25, -0.2) is 4.57 Å². The Bertz CT molecular complexity index is 823. The predicted molar refractivity (Wildman–Crippen MR) is 210 cm³/mol. The molecule has 9 heteroatoms. The van der Waals surface area contributed by atoms with Crippen molar-refractivity contribution in [2.45, 2.75) is 206 Å². The third-order valence-corrected chi connectivity index (χ3v) is 9.92. The molecule has 296 valence electrons. The van der Waals surface area contributed by atoms with Crippen LogP contribution in [0, 0.1) is 0 Å². The number of carbonyl (C=O) groups is 1. The van der Waals surface area contributed by atoms with Crippen molar-refractivity contribution < 1.29 is 32.8 Å². The minimum atomic E-state index is -4.29. The summed E-state index contributed by atoms with van der Waals surface area (Å²) >= 11 is 0. The largest absolute Gasteiger partial charge is 0.498 e. The Morgan fingerprint density at radius 2 is 1.02 bits per heavy atom. The molecule has 0 rings (SSSR count). The van der Waals surface area contributed by atoms with Crippen LogP contribution >= 0.6 is 7.82 Å². The number of ether oxygens (including phenoxy) is 2. The second-order valence-electron chi connectivity index (χ2n) is 13.9. The average molecular weight is 730 g/mol. The van der Waals surface area contributed by atoms with Crippen LogP contribution in [0.3, 0.4) is 0 Å². The van der Waals surface area contributed by atoms with Crippen LogP contribution in [0.4, 0.5) is 0 Å². The maximum Gasteiger partial charge on any atom is 0.472 e. The van der Waals surface area contributed by atoms with E-state index in [2.05, 4.69) is 26.0 Å². The lowest BCUT2D eigenvalue weighted by Crippen LogP contribution is -2.27. The van der Waals surface area contributed by atoms with E-state index in [1.807, 2.05) is 6.08 Å². The van der Waals surface area contributed by atoms with Gasteiger partial charge in [-0.2, -0.15) is 0 Å². The number of phosphoric acid groups is 1. The molecule has 0 radical (unpaired) electrons. The summed E-state index contributed by atoms with van der Waals surface area (Å²) < 4.78 is 33.1. The molecule has 0 aliphatic carbocycles. The molecule has 0 saturated carbocycles. The molecule has 2 atom stereocenters. The third-order valence-electron chi connectivity index (χ3n) is 8.94. The van der Waals surface area contributed by atoms with E-state index in [9.17, 15) is 14.3 Å². The summed E-state index contributed by atoms with van der Waals surface area (Å²) in [5.74, 6) is -0.360. The van der Waals surface area contributed by atoms with E-state index in [1.165, 1.54) is 135 Å². The van der Waals surface area contributed by atoms with Crippen molar-refractivity contribution in [1.82, 2.24) is 0 Å². The summed E-state index contributed by atoms with van der Waals surface area (Å²) in [4.78, 5) is 22.4. The number of phosphoric ester groups is 1. The fourth-order valence-corrected chi connectivity index (χ4v) is 6.60. The van der Waals surface area contributed by atoms with Gasteiger partial charge in [0.1, 0.15) is 6.61 Å². The van der Waals surface area contributed by atoms with Crippen molar-refractivity contribution in [3.8, 4) is 0 Å². The Balaban J connectivity index is 4.07. The molecule has 0 aromatic heterocycles. The molecule has 0 aliphatic heterocycles. The number of hydrogen-bond acceptors (Lipinski definition) is 7.